The Labute approximate surface area is 102 Å². The van der Waals surface area contributed by atoms with Crippen molar-refractivity contribution in [2.24, 2.45) is 5.92 Å². The van der Waals surface area contributed by atoms with Gasteiger partial charge in [-0.25, -0.2) is 4.79 Å². The summed E-state index contributed by atoms with van der Waals surface area (Å²) < 4.78 is 5.29. The number of carbonyl (C=O) groups is 2. The monoisotopic (exact) mass is 242 g/mol. The third kappa shape index (κ3) is 4.24. The minimum Gasteiger partial charge on any atom is -0.444 e. The lowest BCUT2D eigenvalue weighted by molar-refractivity contribution is -0.126. The number of nitrogens with one attached hydrogen (secondary N) is 1. The summed E-state index contributed by atoms with van der Waals surface area (Å²) in [6, 6.07) is 0. The molecule has 98 valence electrons. The number of hydrogen-bond donors (Lipinski definition) is 1. The molecule has 0 aromatic heterocycles. The molecule has 1 rings (SSSR count). The minimum atomic E-state index is -0.489. The van der Waals surface area contributed by atoms with Gasteiger partial charge in [0.25, 0.3) is 0 Å². The van der Waals surface area contributed by atoms with E-state index in [9.17, 15) is 9.59 Å². The predicted octanol–water partition coefficient (Wildman–Crippen LogP) is 1.38. The van der Waals surface area contributed by atoms with Crippen LogP contribution in [0.2, 0.25) is 0 Å². The summed E-state index contributed by atoms with van der Waals surface area (Å²) in [4.78, 5) is 25.0. The first-order valence-electron chi connectivity index (χ1n) is 6.03. The van der Waals surface area contributed by atoms with Crippen molar-refractivity contribution in [2.45, 2.75) is 39.2 Å². The van der Waals surface area contributed by atoms with Crippen molar-refractivity contribution in [1.29, 1.82) is 0 Å². The molecule has 5 heteroatoms. The Kier molecular flexibility index (Phi) is 4.37. The summed E-state index contributed by atoms with van der Waals surface area (Å²) in [7, 11) is 1.62. The fraction of sp³-hybridized carbons (Fsp3) is 0.833. The number of rotatable bonds is 1. The zero-order chi connectivity index (χ0) is 13.1. The minimum absolute atomic E-state index is 0.00161. The molecule has 2 amide bonds. The number of carbonyl (C=O) groups excluding carboxylic acids is 2. The molecule has 0 saturated carbocycles. The van der Waals surface area contributed by atoms with E-state index in [1.54, 1.807) is 11.9 Å². The van der Waals surface area contributed by atoms with Crippen LogP contribution in [-0.2, 0) is 9.53 Å². The van der Waals surface area contributed by atoms with Gasteiger partial charge in [-0.05, 0) is 33.6 Å². The average molecular weight is 242 g/mol. The smallest absolute Gasteiger partial charge is 0.410 e. The molecule has 1 atom stereocenters. The van der Waals surface area contributed by atoms with Crippen LogP contribution in [0.3, 0.4) is 0 Å². The molecule has 0 aliphatic carbocycles. The van der Waals surface area contributed by atoms with Gasteiger partial charge in [-0.3, -0.25) is 4.79 Å². The van der Waals surface area contributed by atoms with Crippen molar-refractivity contribution in [1.82, 2.24) is 10.2 Å². The van der Waals surface area contributed by atoms with E-state index in [4.69, 9.17) is 4.74 Å². The van der Waals surface area contributed by atoms with Gasteiger partial charge in [0.15, 0.2) is 0 Å². The molecule has 1 fully saturated rings. The maximum absolute atomic E-state index is 11.8. The van der Waals surface area contributed by atoms with E-state index >= 15 is 0 Å². The van der Waals surface area contributed by atoms with Crippen molar-refractivity contribution in [3.05, 3.63) is 0 Å². The maximum Gasteiger partial charge on any atom is 0.410 e. The van der Waals surface area contributed by atoms with E-state index < -0.39 is 5.60 Å². The molecule has 5 nitrogen and oxygen atoms in total. The topological polar surface area (TPSA) is 58.6 Å². The lowest BCUT2D eigenvalue weighted by Gasteiger charge is -2.33. The van der Waals surface area contributed by atoms with E-state index in [0.29, 0.717) is 13.1 Å². The fourth-order valence-corrected chi connectivity index (χ4v) is 1.89. The standard InChI is InChI=1S/C12H22N2O3/c1-12(2,3)17-11(16)14-7-5-6-9(8-14)10(15)13-4/h9H,5-8H2,1-4H3,(H,13,15)/t9-/m1/s1. The SMILES string of the molecule is CNC(=O)[C@@H]1CCCN(C(=O)OC(C)(C)C)C1. The Morgan fingerprint density at radius 1 is 1.35 bits per heavy atom. The predicted molar refractivity (Wildman–Crippen MR) is 64.6 cm³/mol. The molecule has 17 heavy (non-hydrogen) atoms. The zero-order valence-electron chi connectivity index (χ0n) is 11.1. The molecule has 1 aliphatic rings. The molecule has 1 aliphatic heterocycles. The second-order valence-corrected chi connectivity index (χ2v) is 5.38. The van der Waals surface area contributed by atoms with Crippen molar-refractivity contribution < 1.29 is 14.3 Å². The number of amides is 2. The van der Waals surface area contributed by atoms with Crippen LogP contribution in [0.1, 0.15) is 33.6 Å². The van der Waals surface area contributed by atoms with Crippen LogP contribution in [0.5, 0.6) is 0 Å². The first-order chi connectivity index (χ1) is 7.83. The summed E-state index contributed by atoms with van der Waals surface area (Å²) in [6.45, 7) is 6.64. The summed E-state index contributed by atoms with van der Waals surface area (Å²) in [5.41, 5.74) is -0.489. The number of piperidine rings is 1. The molecule has 0 aromatic carbocycles. The normalized spacial score (nSPS) is 20.9. The van der Waals surface area contributed by atoms with Crippen LogP contribution >= 0.6 is 0 Å². The Bertz CT molecular complexity index is 297. The quantitative estimate of drug-likeness (QED) is 0.755. The second-order valence-electron chi connectivity index (χ2n) is 5.38. The van der Waals surface area contributed by atoms with Crippen LogP contribution in [0.4, 0.5) is 4.79 Å². The number of likely N-dealkylation sites (tertiary alicyclic amines) is 1. The molecule has 0 radical (unpaired) electrons. The zero-order valence-corrected chi connectivity index (χ0v) is 11.1. The molecule has 0 aromatic rings. The van der Waals surface area contributed by atoms with Gasteiger partial charge in [0, 0.05) is 20.1 Å². The highest BCUT2D eigenvalue weighted by Crippen LogP contribution is 2.19. The van der Waals surface area contributed by atoms with Crippen LogP contribution in [0.25, 0.3) is 0 Å². The summed E-state index contributed by atoms with van der Waals surface area (Å²) >= 11 is 0. The largest absolute Gasteiger partial charge is 0.444 e. The number of nitrogens with zero attached hydrogens (tertiary/aromatic N) is 1. The molecule has 1 saturated heterocycles. The molecular weight excluding hydrogens is 220 g/mol. The van der Waals surface area contributed by atoms with Gasteiger partial charge in [0.05, 0.1) is 5.92 Å². The van der Waals surface area contributed by atoms with Gasteiger partial charge in [0.2, 0.25) is 5.91 Å². The average Bonchev–Trinajstić information content (AvgIpc) is 2.26. The molecule has 1 N–H and O–H groups in total. The molecular formula is C12H22N2O3. The number of hydrogen-bond acceptors (Lipinski definition) is 3. The van der Waals surface area contributed by atoms with E-state index in [1.807, 2.05) is 20.8 Å². The third-order valence-corrected chi connectivity index (χ3v) is 2.69. The highest BCUT2D eigenvalue weighted by molar-refractivity contribution is 5.79. The van der Waals surface area contributed by atoms with Crippen LogP contribution < -0.4 is 5.32 Å². The van der Waals surface area contributed by atoms with E-state index in [0.717, 1.165) is 12.8 Å². The maximum atomic E-state index is 11.8. The van der Waals surface area contributed by atoms with Crippen molar-refractivity contribution >= 4 is 12.0 Å². The summed E-state index contributed by atoms with van der Waals surface area (Å²) in [5.74, 6) is -0.112. The van der Waals surface area contributed by atoms with Crippen LogP contribution in [0.15, 0.2) is 0 Å². The highest BCUT2D eigenvalue weighted by atomic mass is 16.6. The van der Waals surface area contributed by atoms with E-state index in [-0.39, 0.29) is 17.9 Å². The van der Waals surface area contributed by atoms with Gasteiger partial charge in [-0.1, -0.05) is 0 Å². The van der Waals surface area contributed by atoms with Crippen LogP contribution in [-0.4, -0.2) is 42.6 Å². The van der Waals surface area contributed by atoms with Gasteiger partial charge >= 0.3 is 6.09 Å². The lowest BCUT2D eigenvalue weighted by Crippen LogP contribution is -2.46. The fourth-order valence-electron chi connectivity index (χ4n) is 1.89. The lowest BCUT2D eigenvalue weighted by atomic mass is 9.97. The van der Waals surface area contributed by atoms with E-state index in [1.165, 1.54) is 0 Å². The summed E-state index contributed by atoms with van der Waals surface area (Å²) in [5, 5.41) is 2.62. The first-order valence-corrected chi connectivity index (χ1v) is 6.03. The van der Waals surface area contributed by atoms with Crippen molar-refractivity contribution in [3.63, 3.8) is 0 Å². The first kappa shape index (κ1) is 13.8. The van der Waals surface area contributed by atoms with Gasteiger partial charge in [-0.2, -0.15) is 0 Å². The Hall–Kier alpha value is -1.26. The molecule has 0 unspecified atom stereocenters. The van der Waals surface area contributed by atoms with Crippen molar-refractivity contribution in [2.75, 3.05) is 20.1 Å². The molecule has 0 spiro atoms. The van der Waals surface area contributed by atoms with Gasteiger partial charge < -0.3 is 15.0 Å². The second kappa shape index (κ2) is 5.38. The van der Waals surface area contributed by atoms with Gasteiger partial charge in [-0.15, -0.1) is 0 Å². The number of ether oxygens (including phenoxy) is 1. The Morgan fingerprint density at radius 3 is 2.53 bits per heavy atom. The summed E-state index contributed by atoms with van der Waals surface area (Å²) in [6.07, 6.45) is 1.35. The van der Waals surface area contributed by atoms with Gasteiger partial charge in [0.1, 0.15) is 5.60 Å². The van der Waals surface area contributed by atoms with Crippen molar-refractivity contribution in [3.8, 4) is 0 Å². The van der Waals surface area contributed by atoms with Crippen LogP contribution in [0, 0.1) is 5.92 Å². The molecule has 0 bridgehead atoms. The van der Waals surface area contributed by atoms with E-state index in [2.05, 4.69) is 5.32 Å². The Balaban J connectivity index is 2.55. The molecule has 1 heterocycles. The highest BCUT2D eigenvalue weighted by Gasteiger charge is 2.30. The third-order valence-electron chi connectivity index (χ3n) is 2.69. The Morgan fingerprint density at radius 2 is 2.00 bits per heavy atom.